The van der Waals surface area contributed by atoms with Crippen molar-refractivity contribution in [3.63, 3.8) is 0 Å². The van der Waals surface area contributed by atoms with E-state index in [1.807, 2.05) is 0 Å². The van der Waals surface area contributed by atoms with Gasteiger partial charge < -0.3 is 4.74 Å². The summed E-state index contributed by atoms with van der Waals surface area (Å²) in [6.45, 7) is 1.78. The maximum atomic E-state index is 5.15. The predicted molar refractivity (Wildman–Crippen MR) is 51.0 cm³/mol. The summed E-state index contributed by atoms with van der Waals surface area (Å²) >= 11 is 0. The van der Waals surface area contributed by atoms with Gasteiger partial charge in [0.1, 0.15) is 0 Å². The van der Waals surface area contributed by atoms with E-state index in [0.29, 0.717) is 6.61 Å². The molecular weight excluding hydrogens is 162 g/mol. The van der Waals surface area contributed by atoms with Gasteiger partial charge in [-0.2, -0.15) is 4.57 Å². The van der Waals surface area contributed by atoms with Gasteiger partial charge in [0, 0.05) is 31.2 Å². The number of aromatic nitrogens is 1. The zero-order valence-electron chi connectivity index (χ0n) is 7.86. The fraction of sp³-hybridized carbons (Fsp3) is 0.364. The molecule has 0 aliphatic carbocycles. The topological polar surface area (TPSA) is 13.1 Å². The Hall–Kier alpha value is -1.15. The highest BCUT2D eigenvalue weighted by Crippen LogP contribution is 2.10. The molecule has 0 atom stereocenters. The molecule has 1 aromatic heterocycles. The van der Waals surface area contributed by atoms with Gasteiger partial charge in [-0.3, -0.25) is 0 Å². The molecule has 0 saturated heterocycles. The molecule has 0 radical (unpaired) electrons. The van der Waals surface area contributed by atoms with Gasteiger partial charge in [0.2, 0.25) is 5.69 Å². The molecule has 0 N–H and O–H groups in total. The van der Waals surface area contributed by atoms with Crippen LogP contribution in [0.3, 0.4) is 0 Å². The minimum Gasteiger partial charge on any atom is -0.380 e. The third-order valence-electron chi connectivity index (χ3n) is 2.31. The van der Waals surface area contributed by atoms with E-state index in [9.17, 15) is 0 Å². The van der Waals surface area contributed by atoms with Crippen LogP contribution in [0.15, 0.2) is 24.4 Å². The van der Waals surface area contributed by atoms with Crippen molar-refractivity contribution in [3.05, 3.63) is 35.7 Å². The summed E-state index contributed by atoms with van der Waals surface area (Å²) < 4.78 is 7.42. The highest BCUT2D eigenvalue weighted by molar-refractivity contribution is 5.46. The molecule has 1 aliphatic heterocycles. The second-order valence-electron chi connectivity index (χ2n) is 3.24. The largest absolute Gasteiger partial charge is 0.380 e. The minimum atomic E-state index is 0.695. The Bertz CT molecular complexity index is 331. The lowest BCUT2D eigenvalue weighted by molar-refractivity contribution is -0.699. The zero-order valence-corrected chi connectivity index (χ0v) is 7.86. The van der Waals surface area contributed by atoms with Crippen LogP contribution in [0.1, 0.15) is 17.7 Å². The van der Waals surface area contributed by atoms with Gasteiger partial charge in [-0.05, 0) is 6.07 Å². The molecule has 0 fully saturated rings. The van der Waals surface area contributed by atoms with Gasteiger partial charge >= 0.3 is 0 Å². The molecule has 1 aliphatic rings. The van der Waals surface area contributed by atoms with E-state index in [1.54, 1.807) is 7.11 Å². The molecule has 2 rings (SSSR count). The second kappa shape index (κ2) is 3.71. The van der Waals surface area contributed by atoms with Crippen molar-refractivity contribution in [2.24, 2.45) is 0 Å². The van der Waals surface area contributed by atoms with Crippen LogP contribution in [-0.4, -0.2) is 7.11 Å². The van der Waals surface area contributed by atoms with Crippen molar-refractivity contribution in [2.45, 2.75) is 19.6 Å². The lowest BCUT2D eigenvalue weighted by atomic mass is 10.1. The van der Waals surface area contributed by atoms with Crippen LogP contribution in [0.4, 0.5) is 0 Å². The first-order valence-corrected chi connectivity index (χ1v) is 4.58. The van der Waals surface area contributed by atoms with E-state index < -0.39 is 0 Å². The summed E-state index contributed by atoms with van der Waals surface area (Å²) in [5.41, 5.74) is 2.55. The Kier molecular flexibility index (Phi) is 2.41. The summed E-state index contributed by atoms with van der Waals surface area (Å²) in [5, 5.41) is 0. The van der Waals surface area contributed by atoms with Crippen molar-refractivity contribution in [3.8, 4) is 0 Å². The summed E-state index contributed by atoms with van der Waals surface area (Å²) in [4.78, 5) is 0. The second-order valence-corrected chi connectivity index (χ2v) is 3.24. The Balaban J connectivity index is 2.42. The van der Waals surface area contributed by atoms with Gasteiger partial charge in [0.15, 0.2) is 12.7 Å². The van der Waals surface area contributed by atoms with E-state index in [0.717, 1.165) is 13.0 Å². The third-order valence-corrected chi connectivity index (χ3v) is 2.31. The maximum Gasteiger partial charge on any atom is 0.210 e. The Morgan fingerprint density at radius 3 is 3.31 bits per heavy atom. The predicted octanol–water partition coefficient (Wildman–Crippen LogP) is 1.54. The van der Waals surface area contributed by atoms with Crippen LogP contribution in [0.5, 0.6) is 0 Å². The molecule has 2 heteroatoms. The van der Waals surface area contributed by atoms with E-state index in [-0.39, 0.29) is 0 Å². The number of fused-ring (bicyclic) bond motifs is 1. The van der Waals surface area contributed by atoms with E-state index in [2.05, 4.69) is 35.0 Å². The molecule has 0 unspecified atom stereocenters. The first-order valence-electron chi connectivity index (χ1n) is 4.58. The van der Waals surface area contributed by atoms with Crippen molar-refractivity contribution in [1.29, 1.82) is 0 Å². The van der Waals surface area contributed by atoms with Gasteiger partial charge in [-0.25, -0.2) is 0 Å². The Morgan fingerprint density at radius 2 is 2.46 bits per heavy atom. The number of allylic oxidation sites excluding steroid dienone is 1. The zero-order chi connectivity index (χ0) is 9.10. The summed E-state index contributed by atoms with van der Waals surface area (Å²) in [6.07, 6.45) is 7.65. The van der Waals surface area contributed by atoms with Gasteiger partial charge in [0.25, 0.3) is 0 Å². The standard InChI is InChI=1S/C11H14NO/c1-13-9-10-5-4-8-12-7-3-2-6-11(10)12/h2,4-6,8H,3,7,9H2,1H3/q+1. The van der Waals surface area contributed by atoms with Gasteiger partial charge in [-0.15, -0.1) is 0 Å². The molecule has 2 heterocycles. The number of rotatable bonds is 2. The lowest BCUT2D eigenvalue weighted by Gasteiger charge is -2.08. The van der Waals surface area contributed by atoms with E-state index >= 15 is 0 Å². The van der Waals surface area contributed by atoms with Crippen molar-refractivity contribution < 1.29 is 9.30 Å². The van der Waals surface area contributed by atoms with Crippen molar-refractivity contribution in [1.82, 2.24) is 0 Å². The number of hydrogen-bond acceptors (Lipinski definition) is 1. The van der Waals surface area contributed by atoms with Crippen molar-refractivity contribution >= 4 is 6.08 Å². The highest BCUT2D eigenvalue weighted by atomic mass is 16.5. The monoisotopic (exact) mass is 176 g/mol. The van der Waals surface area contributed by atoms with Gasteiger partial charge in [0.05, 0.1) is 6.61 Å². The molecule has 0 spiro atoms. The fourth-order valence-electron chi connectivity index (χ4n) is 1.70. The van der Waals surface area contributed by atoms with Crippen LogP contribution < -0.4 is 4.57 Å². The summed E-state index contributed by atoms with van der Waals surface area (Å²) in [5.74, 6) is 0. The number of pyridine rings is 1. The first-order chi connectivity index (χ1) is 6.42. The minimum absolute atomic E-state index is 0.695. The average Bonchev–Trinajstić information content (AvgIpc) is 2.19. The Labute approximate surface area is 78.5 Å². The third kappa shape index (κ3) is 1.63. The summed E-state index contributed by atoms with van der Waals surface area (Å²) in [7, 11) is 1.73. The number of aryl methyl sites for hydroxylation is 1. The van der Waals surface area contributed by atoms with Crippen molar-refractivity contribution in [2.75, 3.05) is 7.11 Å². The van der Waals surface area contributed by atoms with E-state index in [1.165, 1.54) is 11.3 Å². The smallest absolute Gasteiger partial charge is 0.210 e. The number of nitrogens with zero attached hydrogens (tertiary/aromatic N) is 1. The van der Waals surface area contributed by atoms with E-state index in [4.69, 9.17) is 4.74 Å². The van der Waals surface area contributed by atoms with Crippen LogP contribution in [-0.2, 0) is 17.9 Å². The molecule has 0 aromatic carbocycles. The number of hydrogen-bond donors (Lipinski definition) is 0. The first kappa shape index (κ1) is 8.45. The van der Waals surface area contributed by atoms with Crippen LogP contribution >= 0.6 is 0 Å². The molecule has 2 nitrogen and oxygen atoms in total. The maximum absolute atomic E-state index is 5.15. The number of ether oxygens (including phenoxy) is 1. The van der Waals surface area contributed by atoms with Gasteiger partial charge in [-0.1, -0.05) is 6.08 Å². The fourth-order valence-corrected chi connectivity index (χ4v) is 1.70. The number of methoxy groups -OCH3 is 1. The van der Waals surface area contributed by atoms with Crippen LogP contribution in [0.2, 0.25) is 0 Å². The quantitative estimate of drug-likeness (QED) is 0.623. The van der Waals surface area contributed by atoms with Crippen LogP contribution in [0, 0.1) is 0 Å². The SMILES string of the molecule is COCc1ccc[n+]2c1C=CCC2. The molecule has 13 heavy (non-hydrogen) atoms. The molecule has 1 aromatic rings. The molecule has 68 valence electrons. The molecule has 0 saturated carbocycles. The normalized spacial score (nSPS) is 14.2. The lowest BCUT2D eigenvalue weighted by Crippen LogP contribution is -2.39. The van der Waals surface area contributed by atoms with Crippen LogP contribution in [0.25, 0.3) is 6.08 Å². The Morgan fingerprint density at radius 1 is 1.54 bits per heavy atom. The highest BCUT2D eigenvalue weighted by Gasteiger charge is 2.14. The molecule has 0 bridgehead atoms. The molecular formula is C11H14NO+. The average molecular weight is 176 g/mol. The summed E-state index contributed by atoms with van der Waals surface area (Å²) in [6, 6.07) is 4.20. The molecule has 0 amide bonds.